The SMILES string of the molecule is O=CNC1=C(O)O[C@H](CO)[C@H](O)[C@@H]1O. The summed E-state index contributed by atoms with van der Waals surface area (Å²) in [6.07, 6.45) is -3.78. The second-order valence-electron chi connectivity index (χ2n) is 2.76. The van der Waals surface area contributed by atoms with Crippen molar-refractivity contribution in [1.82, 2.24) is 5.32 Å². The lowest BCUT2D eigenvalue weighted by atomic mass is 10.0. The van der Waals surface area contributed by atoms with Crippen LogP contribution in [0.25, 0.3) is 0 Å². The van der Waals surface area contributed by atoms with Gasteiger partial charge in [-0.25, -0.2) is 0 Å². The minimum absolute atomic E-state index is 0.226. The molecule has 0 saturated carbocycles. The molecule has 5 N–H and O–H groups in total. The summed E-state index contributed by atoms with van der Waals surface area (Å²) in [6.45, 7) is -0.559. The van der Waals surface area contributed by atoms with E-state index in [0.717, 1.165) is 0 Å². The number of aliphatic hydroxyl groups excluding tert-OH is 4. The zero-order valence-corrected chi connectivity index (χ0v) is 7.12. The monoisotopic (exact) mass is 205 g/mol. The van der Waals surface area contributed by atoms with E-state index in [0.29, 0.717) is 0 Å². The highest BCUT2D eigenvalue weighted by Crippen LogP contribution is 2.21. The van der Waals surface area contributed by atoms with E-state index in [1.165, 1.54) is 0 Å². The first-order chi connectivity index (χ1) is 6.61. The van der Waals surface area contributed by atoms with Gasteiger partial charge in [0, 0.05) is 0 Å². The third-order valence-corrected chi connectivity index (χ3v) is 1.89. The van der Waals surface area contributed by atoms with Crippen molar-refractivity contribution in [1.29, 1.82) is 0 Å². The first-order valence-electron chi connectivity index (χ1n) is 3.88. The molecule has 0 aliphatic carbocycles. The van der Waals surface area contributed by atoms with E-state index in [4.69, 9.17) is 10.2 Å². The highest BCUT2D eigenvalue weighted by atomic mass is 16.6. The fourth-order valence-electron chi connectivity index (χ4n) is 1.13. The van der Waals surface area contributed by atoms with E-state index in [1.807, 2.05) is 5.32 Å². The van der Waals surface area contributed by atoms with Gasteiger partial charge >= 0.3 is 0 Å². The lowest BCUT2D eigenvalue weighted by Gasteiger charge is -2.31. The van der Waals surface area contributed by atoms with Crippen molar-refractivity contribution in [2.24, 2.45) is 0 Å². The minimum Gasteiger partial charge on any atom is -0.480 e. The number of aliphatic hydroxyl groups is 4. The molecule has 0 aromatic heterocycles. The molecule has 0 saturated heterocycles. The summed E-state index contributed by atoms with van der Waals surface area (Å²) in [6, 6.07) is 0. The van der Waals surface area contributed by atoms with Crippen molar-refractivity contribution in [3.63, 3.8) is 0 Å². The molecule has 0 bridgehead atoms. The van der Waals surface area contributed by atoms with E-state index in [1.54, 1.807) is 0 Å². The summed E-state index contributed by atoms with van der Waals surface area (Å²) in [7, 11) is 0. The normalized spacial score (nSPS) is 32.4. The Bertz CT molecular complexity index is 253. The number of hydrogen-bond acceptors (Lipinski definition) is 6. The van der Waals surface area contributed by atoms with Crippen molar-refractivity contribution in [3.8, 4) is 0 Å². The molecule has 1 aliphatic heterocycles. The van der Waals surface area contributed by atoms with Gasteiger partial charge in [0.15, 0.2) is 6.10 Å². The number of carbonyl (C=O) groups is 1. The molecule has 1 aliphatic rings. The standard InChI is InChI=1S/C7H11NO6/c9-1-3-5(11)6(12)4(8-2-10)7(13)14-3/h2-3,5-6,9,11-13H,1H2,(H,8,10)/t3-,5+,6-/m1/s1. The van der Waals surface area contributed by atoms with Crippen LogP contribution in [-0.4, -0.2) is 51.8 Å². The van der Waals surface area contributed by atoms with Crippen molar-refractivity contribution in [2.75, 3.05) is 6.61 Å². The molecule has 0 fully saturated rings. The second-order valence-corrected chi connectivity index (χ2v) is 2.76. The Balaban J connectivity index is 2.88. The van der Waals surface area contributed by atoms with Gasteiger partial charge in [0.05, 0.1) is 6.61 Å². The molecule has 7 nitrogen and oxygen atoms in total. The maximum Gasteiger partial charge on any atom is 0.300 e. The minimum atomic E-state index is -1.49. The van der Waals surface area contributed by atoms with Gasteiger partial charge in [-0.3, -0.25) is 4.79 Å². The van der Waals surface area contributed by atoms with Crippen LogP contribution < -0.4 is 5.32 Å². The van der Waals surface area contributed by atoms with E-state index in [9.17, 15) is 15.0 Å². The highest BCUT2D eigenvalue weighted by Gasteiger charge is 2.37. The number of nitrogens with one attached hydrogen (secondary N) is 1. The van der Waals surface area contributed by atoms with Crippen molar-refractivity contribution in [3.05, 3.63) is 11.6 Å². The summed E-state index contributed by atoms with van der Waals surface area (Å²) in [5, 5.41) is 38.5. The quantitative estimate of drug-likeness (QED) is 0.327. The van der Waals surface area contributed by atoms with Gasteiger partial charge in [-0.05, 0) is 0 Å². The van der Waals surface area contributed by atoms with Crippen LogP contribution >= 0.6 is 0 Å². The third-order valence-electron chi connectivity index (χ3n) is 1.89. The molecular weight excluding hydrogens is 194 g/mol. The van der Waals surface area contributed by atoms with Gasteiger partial charge in [-0.15, -0.1) is 0 Å². The summed E-state index contributed by atoms with van der Waals surface area (Å²) < 4.78 is 4.64. The van der Waals surface area contributed by atoms with E-state index in [2.05, 4.69) is 4.74 Å². The highest BCUT2D eigenvalue weighted by molar-refractivity contribution is 5.51. The molecule has 1 rings (SSSR count). The van der Waals surface area contributed by atoms with Crippen molar-refractivity contribution >= 4 is 6.41 Å². The van der Waals surface area contributed by atoms with Crippen LogP contribution in [0.1, 0.15) is 0 Å². The predicted octanol–water partition coefficient (Wildman–Crippen LogP) is -2.43. The van der Waals surface area contributed by atoms with Crippen molar-refractivity contribution in [2.45, 2.75) is 18.3 Å². The fraction of sp³-hybridized carbons (Fsp3) is 0.571. The zero-order chi connectivity index (χ0) is 10.7. The molecule has 14 heavy (non-hydrogen) atoms. The molecule has 3 atom stereocenters. The largest absolute Gasteiger partial charge is 0.480 e. The fourth-order valence-corrected chi connectivity index (χ4v) is 1.13. The Kier molecular flexibility index (Phi) is 3.28. The molecule has 0 radical (unpaired) electrons. The summed E-state index contributed by atoms with van der Waals surface area (Å²) in [4.78, 5) is 10.1. The number of carbonyl (C=O) groups excluding carboxylic acids is 1. The molecule has 0 aromatic carbocycles. The third kappa shape index (κ3) is 1.79. The lowest BCUT2D eigenvalue weighted by Crippen LogP contribution is -2.49. The van der Waals surface area contributed by atoms with E-state index < -0.39 is 30.9 Å². The zero-order valence-electron chi connectivity index (χ0n) is 7.12. The molecule has 0 unspecified atom stereocenters. The Morgan fingerprint density at radius 1 is 1.50 bits per heavy atom. The smallest absolute Gasteiger partial charge is 0.300 e. The van der Waals surface area contributed by atoms with Gasteiger partial charge in [0.25, 0.3) is 5.95 Å². The van der Waals surface area contributed by atoms with Crippen LogP contribution in [0.4, 0.5) is 0 Å². The van der Waals surface area contributed by atoms with Gasteiger partial charge in [0.2, 0.25) is 6.41 Å². The number of ether oxygens (including phenoxy) is 1. The van der Waals surface area contributed by atoms with Gasteiger partial charge in [-0.2, -0.15) is 0 Å². The molecular formula is C7H11NO6. The Morgan fingerprint density at radius 2 is 2.14 bits per heavy atom. The second kappa shape index (κ2) is 4.27. The van der Waals surface area contributed by atoms with Crippen LogP contribution in [0, 0.1) is 0 Å². The average Bonchev–Trinajstić information content (AvgIpc) is 2.18. The summed E-state index contributed by atoms with van der Waals surface area (Å²) in [5.41, 5.74) is -0.322. The van der Waals surface area contributed by atoms with Crippen LogP contribution in [0.3, 0.4) is 0 Å². The lowest BCUT2D eigenvalue weighted by molar-refractivity contribution is -0.128. The molecule has 0 aromatic rings. The van der Waals surface area contributed by atoms with Gasteiger partial charge in [-0.1, -0.05) is 0 Å². The van der Waals surface area contributed by atoms with Gasteiger partial charge in [0.1, 0.15) is 17.9 Å². The predicted molar refractivity (Wildman–Crippen MR) is 42.8 cm³/mol. The molecule has 0 spiro atoms. The topological polar surface area (TPSA) is 119 Å². The first-order valence-corrected chi connectivity index (χ1v) is 3.88. The average molecular weight is 205 g/mol. The molecule has 1 amide bonds. The number of hydrogen-bond donors (Lipinski definition) is 5. The molecule has 1 heterocycles. The number of rotatable bonds is 3. The van der Waals surface area contributed by atoms with Gasteiger partial charge < -0.3 is 30.5 Å². The maximum atomic E-state index is 10.1. The summed E-state index contributed by atoms with van der Waals surface area (Å²) >= 11 is 0. The van der Waals surface area contributed by atoms with Crippen LogP contribution in [0.2, 0.25) is 0 Å². The van der Waals surface area contributed by atoms with Crippen LogP contribution in [-0.2, 0) is 9.53 Å². The Hall–Kier alpha value is -1.31. The Morgan fingerprint density at radius 3 is 2.64 bits per heavy atom. The van der Waals surface area contributed by atoms with E-state index in [-0.39, 0.29) is 12.1 Å². The van der Waals surface area contributed by atoms with Crippen LogP contribution in [0.15, 0.2) is 11.6 Å². The maximum absolute atomic E-state index is 10.1. The van der Waals surface area contributed by atoms with Crippen LogP contribution in [0.5, 0.6) is 0 Å². The molecule has 7 heteroatoms. The number of amides is 1. The Labute approximate surface area is 79.2 Å². The van der Waals surface area contributed by atoms with E-state index >= 15 is 0 Å². The molecule has 80 valence electrons. The summed E-state index contributed by atoms with van der Waals surface area (Å²) in [5.74, 6) is -0.714. The first kappa shape index (κ1) is 10.8. The van der Waals surface area contributed by atoms with Crippen molar-refractivity contribution < 1.29 is 30.0 Å².